The highest BCUT2D eigenvalue weighted by molar-refractivity contribution is 7.17. The van der Waals surface area contributed by atoms with E-state index in [0.717, 1.165) is 6.42 Å². The topological polar surface area (TPSA) is 26.0 Å². The van der Waals surface area contributed by atoms with E-state index in [4.69, 9.17) is 4.42 Å². The summed E-state index contributed by atoms with van der Waals surface area (Å²) in [6, 6.07) is 9.05. The van der Waals surface area contributed by atoms with Gasteiger partial charge in [0.05, 0.1) is 5.69 Å². The quantitative estimate of drug-likeness (QED) is 0.777. The maximum Gasteiger partial charge on any atom is 0.317 e. The standard InChI is InChI=1S/C13H14F2NOP/c1-2-6-10-11(13(14,15)18)17-12(16-10)9-7-4-3-5-8-9/h3-5,7-8H,2,6,18H2,1H3. The number of hydrogen-bond acceptors (Lipinski definition) is 2. The zero-order valence-corrected chi connectivity index (χ0v) is 11.1. The zero-order chi connectivity index (χ0) is 13.2. The smallest absolute Gasteiger partial charge is 0.317 e. The molecule has 2 aromatic rings. The van der Waals surface area contributed by atoms with Gasteiger partial charge in [-0.15, -0.1) is 0 Å². The van der Waals surface area contributed by atoms with Gasteiger partial charge in [0.25, 0.3) is 0 Å². The largest absolute Gasteiger partial charge is 0.434 e. The van der Waals surface area contributed by atoms with E-state index in [1.165, 1.54) is 9.24 Å². The van der Waals surface area contributed by atoms with Crippen molar-refractivity contribution in [3.63, 3.8) is 0 Å². The SMILES string of the molecule is CCCc1nc(-c2ccccc2)oc1C(F)(F)P. The van der Waals surface area contributed by atoms with Crippen molar-refractivity contribution in [1.82, 2.24) is 4.98 Å². The summed E-state index contributed by atoms with van der Waals surface area (Å²) in [5.41, 5.74) is -2.04. The van der Waals surface area contributed by atoms with E-state index in [0.29, 0.717) is 17.7 Å². The third-order valence-corrected chi connectivity index (χ3v) is 2.77. The maximum absolute atomic E-state index is 13.4. The first-order valence-corrected chi connectivity index (χ1v) is 6.32. The van der Waals surface area contributed by atoms with E-state index in [2.05, 4.69) is 4.98 Å². The number of aromatic nitrogens is 1. The van der Waals surface area contributed by atoms with Crippen molar-refractivity contribution in [3.8, 4) is 11.5 Å². The molecule has 0 aliphatic carbocycles. The van der Waals surface area contributed by atoms with Gasteiger partial charge in [0, 0.05) is 5.56 Å². The van der Waals surface area contributed by atoms with Gasteiger partial charge < -0.3 is 4.42 Å². The minimum absolute atomic E-state index is 0.246. The summed E-state index contributed by atoms with van der Waals surface area (Å²) in [6.45, 7) is 1.92. The maximum atomic E-state index is 13.4. The summed E-state index contributed by atoms with van der Waals surface area (Å²) < 4.78 is 32.0. The van der Waals surface area contributed by atoms with Crippen molar-refractivity contribution in [1.29, 1.82) is 0 Å². The summed E-state index contributed by atoms with van der Waals surface area (Å²) in [6.07, 6.45) is 1.23. The number of aryl methyl sites for hydroxylation is 1. The van der Waals surface area contributed by atoms with E-state index in [-0.39, 0.29) is 11.7 Å². The van der Waals surface area contributed by atoms with Gasteiger partial charge in [-0.1, -0.05) is 40.8 Å². The van der Waals surface area contributed by atoms with E-state index in [9.17, 15) is 8.78 Å². The average Bonchev–Trinajstić information content (AvgIpc) is 2.75. The molecule has 1 aromatic carbocycles. The molecule has 18 heavy (non-hydrogen) atoms. The van der Waals surface area contributed by atoms with Crippen LogP contribution in [-0.2, 0) is 12.1 Å². The number of oxazole rings is 1. The summed E-state index contributed by atoms with van der Waals surface area (Å²) in [5.74, 6) is -0.107. The Morgan fingerprint density at radius 3 is 2.50 bits per heavy atom. The van der Waals surface area contributed by atoms with Crippen LogP contribution in [0.1, 0.15) is 24.8 Å². The number of rotatable bonds is 4. The van der Waals surface area contributed by atoms with Crippen LogP contribution < -0.4 is 0 Å². The number of nitrogens with zero attached hydrogens (tertiary/aromatic N) is 1. The lowest BCUT2D eigenvalue weighted by atomic mass is 10.2. The van der Waals surface area contributed by atoms with Crippen molar-refractivity contribution in [2.75, 3.05) is 0 Å². The first-order chi connectivity index (χ1) is 8.52. The van der Waals surface area contributed by atoms with E-state index in [1.54, 1.807) is 12.1 Å². The molecular formula is C13H14F2NOP. The summed E-state index contributed by atoms with van der Waals surface area (Å²) in [7, 11) is 1.50. The fourth-order valence-corrected chi connectivity index (χ4v) is 1.95. The lowest BCUT2D eigenvalue weighted by molar-refractivity contribution is 0.0760. The highest BCUT2D eigenvalue weighted by atomic mass is 31.0. The van der Waals surface area contributed by atoms with Gasteiger partial charge in [-0.25, -0.2) is 4.98 Å². The Kier molecular flexibility index (Phi) is 3.76. The number of alkyl halides is 2. The zero-order valence-electron chi connectivity index (χ0n) is 9.99. The molecule has 1 atom stereocenters. The molecular weight excluding hydrogens is 255 g/mol. The van der Waals surface area contributed by atoms with Gasteiger partial charge in [-0.05, 0) is 18.6 Å². The summed E-state index contributed by atoms with van der Waals surface area (Å²) >= 11 is 0. The molecule has 0 saturated heterocycles. The van der Waals surface area contributed by atoms with Crippen molar-refractivity contribution < 1.29 is 13.2 Å². The first-order valence-electron chi connectivity index (χ1n) is 5.74. The Morgan fingerprint density at radius 2 is 1.94 bits per heavy atom. The first kappa shape index (κ1) is 13.2. The molecule has 0 aliphatic heterocycles. The normalized spacial score (nSPS) is 11.8. The van der Waals surface area contributed by atoms with Crippen LogP contribution >= 0.6 is 9.24 Å². The molecule has 2 nitrogen and oxygen atoms in total. The highest BCUT2D eigenvalue weighted by Gasteiger charge is 2.33. The fourth-order valence-electron chi connectivity index (χ4n) is 1.72. The van der Waals surface area contributed by atoms with Crippen molar-refractivity contribution in [3.05, 3.63) is 41.8 Å². The molecule has 0 radical (unpaired) electrons. The van der Waals surface area contributed by atoms with E-state index in [1.807, 2.05) is 25.1 Å². The second-order valence-corrected chi connectivity index (χ2v) is 4.76. The predicted molar refractivity (Wildman–Crippen MR) is 69.5 cm³/mol. The average molecular weight is 269 g/mol. The van der Waals surface area contributed by atoms with Crippen LogP contribution in [0.15, 0.2) is 34.7 Å². The van der Waals surface area contributed by atoms with Crippen molar-refractivity contribution >= 4 is 9.24 Å². The molecule has 1 aromatic heterocycles. The van der Waals surface area contributed by atoms with Crippen LogP contribution in [0.3, 0.4) is 0 Å². The summed E-state index contributed by atoms with van der Waals surface area (Å²) in [5, 5.41) is 0. The minimum atomic E-state index is -3.08. The van der Waals surface area contributed by atoms with Crippen LogP contribution in [0.2, 0.25) is 0 Å². The molecule has 2 rings (SSSR count). The Balaban J connectivity index is 2.46. The number of halogens is 2. The molecule has 1 heterocycles. The molecule has 0 bridgehead atoms. The van der Waals surface area contributed by atoms with E-state index < -0.39 is 5.66 Å². The van der Waals surface area contributed by atoms with E-state index >= 15 is 0 Å². The minimum Gasteiger partial charge on any atom is -0.434 e. The van der Waals surface area contributed by atoms with Gasteiger partial charge in [0.15, 0.2) is 0 Å². The van der Waals surface area contributed by atoms with Gasteiger partial charge in [0.1, 0.15) is 0 Å². The summed E-state index contributed by atoms with van der Waals surface area (Å²) in [4.78, 5) is 4.18. The molecule has 5 heteroatoms. The van der Waals surface area contributed by atoms with Gasteiger partial charge in [0.2, 0.25) is 11.7 Å². The van der Waals surface area contributed by atoms with Crippen LogP contribution in [-0.4, -0.2) is 4.98 Å². The Morgan fingerprint density at radius 1 is 1.28 bits per heavy atom. The molecule has 0 saturated carbocycles. The lowest BCUT2D eigenvalue weighted by Gasteiger charge is -2.07. The van der Waals surface area contributed by atoms with Crippen LogP contribution in [0.5, 0.6) is 0 Å². The van der Waals surface area contributed by atoms with Gasteiger partial charge >= 0.3 is 5.66 Å². The second-order valence-electron chi connectivity index (χ2n) is 4.03. The monoisotopic (exact) mass is 269 g/mol. The van der Waals surface area contributed by atoms with Crippen molar-refractivity contribution in [2.24, 2.45) is 0 Å². The molecule has 96 valence electrons. The van der Waals surface area contributed by atoms with Gasteiger partial charge in [-0.2, -0.15) is 8.78 Å². The molecule has 0 aliphatic rings. The second kappa shape index (κ2) is 5.15. The van der Waals surface area contributed by atoms with Crippen LogP contribution in [0.4, 0.5) is 8.78 Å². The Bertz CT molecular complexity index is 520. The molecule has 0 amide bonds. The van der Waals surface area contributed by atoms with Crippen LogP contribution in [0, 0.1) is 0 Å². The number of benzene rings is 1. The fraction of sp³-hybridized carbons (Fsp3) is 0.308. The molecule has 0 fully saturated rings. The molecule has 0 spiro atoms. The van der Waals surface area contributed by atoms with Gasteiger partial charge in [-0.3, -0.25) is 0 Å². The van der Waals surface area contributed by atoms with Crippen molar-refractivity contribution in [2.45, 2.75) is 25.4 Å². The van der Waals surface area contributed by atoms with Crippen LogP contribution in [0.25, 0.3) is 11.5 Å². The highest BCUT2D eigenvalue weighted by Crippen LogP contribution is 2.39. The molecule has 1 unspecified atom stereocenters. The predicted octanol–water partition coefficient (Wildman–Crippen LogP) is 4.22. The Labute approximate surface area is 107 Å². The number of hydrogen-bond donors (Lipinski definition) is 0. The lowest BCUT2D eigenvalue weighted by Crippen LogP contribution is -2.04. The third kappa shape index (κ3) is 2.75. The third-order valence-electron chi connectivity index (χ3n) is 2.51. The molecule has 0 N–H and O–H groups in total. The Hall–Kier alpha value is -1.28.